The van der Waals surface area contributed by atoms with Gasteiger partial charge < -0.3 is 10.1 Å². The number of nitrogens with zero attached hydrogens (tertiary/aromatic N) is 2. The van der Waals surface area contributed by atoms with Gasteiger partial charge in [-0.25, -0.2) is 0 Å². The molecule has 2 rings (SSSR count). The summed E-state index contributed by atoms with van der Waals surface area (Å²) in [6.07, 6.45) is 1.94. The summed E-state index contributed by atoms with van der Waals surface area (Å²) >= 11 is 0. The van der Waals surface area contributed by atoms with Crippen LogP contribution in [0.5, 0.6) is 5.75 Å². The molecule has 0 saturated carbocycles. The third-order valence-electron chi connectivity index (χ3n) is 2.39. The lowest BCUT2D eigenvalue weighted by Gasteiger charge is -2.07. The van der Waals surface area contributed by atoms with Crippen molar-refractivity contribution >= 4 is 5.69 Å². The molecule has 0 amide bonds. The van der Waals surface area contributed by atoms with Crippen molar-refractivity contribution in [3.8, 4) is 5.75 Å². The number of nitrogens with one attached hydrogen (secondary N) is 1. The maximum atomic E-state index is 5.44. The van der Waals surface area contributed by atoms with Crippen LogP contribution in [0.1, 0.15) is 12.6 Å². The van der Waals surface area contributed by atoms with Gasteiger partial charge in [-0.1, -0.05) is 6.07 Å². The molecular formula is C13H17N3O. The Morgan fingerprint density at radius 1 is 1.35 bits per heavy atom. The van der Waals surface area contributed by atoms with Crippen molar-refractivity contribution in [2.24, 2.45) is 7.05 Å². The molecule has 0 radical (unpaired) electrons. The molecule has 0 aliphatic carbocycles. The van der Waals surface area contributed by atoms with Gasteiger partial charge in [0.1, 0.15) is 5.75 Å². The van der Waals surface area contributed by atoms with E-state index in [-0.39, 0.29) is 0 Å². The van der Waals surface area contributed by atoms with Crippen molar-refractivity contribution in [2.75, 3.05) is 11.9 Å². The van der Waals surface area contributed by atoms with Crippen molar-refractivity contribution < 1.29 is 4.74 Å². The van der Waals surface area contributed by atoms with Crippen LogP contribution >= 0.6 is 0 Å². The molecule has 1 heterocycles. The SMILES string of the molecule is CCOc1cccc(NCc2ccn(C)n2)c1. The van der Waals surface area contributed by atoms with Crippen LogP contribution in [-0.2, 0) is 13.6 Å². The maximum absolute atomic E-state index is 5.44. The summed E-state index contributed by atoms with van der Waals surface area (Å²) < 4.78 is 7.24. The van der Waals surface area contributed by atoms with E-state index >= 15 is 0 Å². The molecule has 90 valence electrons. The van der Waals surface area contributed by atoms with E-state index in [0.29, 0.717) is 6.61 Å². The Bertz CT molecular complexity index is 479. The Kier molecular flexibility index (Phi) is 3.65. The second kappa shape index (κ2) is 5.39. The third kappa shape index (κ3) is 3.24. The monoisotopic (exact) mass is 231 g/mol. The van der Waals surface area contributed by atoms with Gasteiger partial charge in [0, 0.05) is 25.0 Å². The number of hydrogen-bond acceptors (Lipinski definition) is 3. The maximum Gasteiger partial charge on any atom is 0.121 e. The molecule has 1 aromatic heterocycles. The largest absolute Gasteiger partial charge is 0.494 e. The molecular weight excluding hydrogens is 214 g/mol. The van der Waals surface area contributed by atoms with Crippen molar-refractivity contribution in [2.45, 2.75) is 13.5 Å². The lowest BCUT2D eigenvalue weighted by Crippen LogP contribution is -2.01. The molecule has 4 nitrogen and oxygen atoms in total. The molecule has 0 atom stereocenters. The Balaban J connectivity index is 1.96. The highest BCUT2D eigenvalue weighted by Gasteiger charge is 1.98. The fraction of sp³-hybridized carbons (Fsp3) is 0.308. The smallest absolute Gasteiger partial charge is 0.121 e. The lowest BCUT2D eigenvalue weighted by molar-refractivity contribution is 0.340. The molecule has 0 aliphatic heterocycles. The fourth-order valence-corrected chi connectivity index (χ4v) is 1.61. The quantitative estimate of drug-likeness (QED) is 0.859. The summed E-state index contributed by atoms with van der Waals surface area (Å²) in [5.74, 6) is 0.888. The second-order valence-electron chi connectivity index (χ2n) is 3.80. The van der Waals surface area contributed by atoms with Gasteiger partial charge in [0.05, 0.1) is 18.8 Å². The normalized spacial score (nSPS) is 10.2. The zero-order valence-electron chi connectivity index (χ0n) is 10.2. The number of rotatable bonds is 5. The summed E-state index contributed by atoms with van der Waals surface area (Å²) in [5, 5.41) is 7.62. The standard InChI is InChI=1S/C13H17N3O/c1-3-17-13-6-4-5-11(9-13)14-10-12-7-8-16(2)15-12/h4-9,14H,3,10H2,1-2H3. The highest BCUT2D eigenvalue weighted by atomic mass is 16.5. The minimum absolute atomic E-state index is 0.684. The second-order valence-corrected chi connectivity index (χ2v) is 3.80. The highest BCUT2D eigenvalue weighted by Crippen LogP contribution is 2.17. The molecule has 0 spiro atoms. The first-order valence-corrected chi connectivity index (χ1v) is 5.73. The fourth-order valence-electron chi connectivity index (χ4n) is 1.61. The molecule has 0 unspecified atom stereocenters. The van der Waals surface area contributed by atoms with Crippen LogP contribution in [-0.4, -0.2) is 16.4 Å². The molecule has 1 aromatic carbocycles. The van der Waals surface area contributed by atoms with E-state index in [1.165, 1.54) is 0 Å². The summed E-state index contributed by atoms with van der Waals surface area (Å²) in [4.78, 5) is 0. The Hall–Kier alpha value is -1.97. The third-order valence-corrected chi connectivity index (χ3v) is 2.39. The lowest BCUT2D eigenvalue weighted by atomic mass is 10.3. The Morgan fingerprint density at radius 3 is 2.94 bits per heavy atom. The van der Waals surface area contributed by atoms with Crippen molar-refractivity contribution in [1.29, 1.82) is 0 Å². The Labute approximate surface area is 101 Å². The van der Waals surface area contributed by atoms with Crippen molar-refractivity contribution in [3.05, 3.63) is 42.2 Å². The van der Waals surface area contributed by atoms with E-state index in [1.807, 2.05) is 50.5 Å². The van der Waals surface area contributed by atoms with Gasteiger partial charge in [0.2, 0.25) is 0 Å². The molecule has 2 aromatic rings. The highest BCUT2D eigenvalue weighted by molar-refractivity contribution is 5.48. The number of ether oxygens (including phenoxy) is 1. The van der Waals surface area contributed by atoms with Crippen molar-refractivity contribution in [3.63, 3.8) is 0 Å². The van der Waals surface area contributed by atoms with Gasteiger partial charge in [0.15, 0.2) is 0 Å². The zero-order valence-corrected chi connectivity index (χ0v) is 10.2. The number of hydrogen-bond donors (Lipinski definition) is 1. The molecule has 4 heteroatoms. The summed E-state index contributed by atoms with van der Waals surface area (Å²) in [6.45, 7) is 3.38. The molecule has 0 bridgehead atoms. The van der Waals surface area contributed by atoms with Crippen LogP contribution in [0.25, 0.3) is 0 Å². The van der Waals surface area contributed by atoms with Crippen LogP contribution < -0.4 is 10.1 Å². The molecule has 17 heavy (non-hydrogen) atoms. The number of aromatic nitrogens is 2. The van der Waals surface area contributed by atoms with Crippen LogP contribution in [0.15, 0.2) is 36.5 Å². The van der Waals surface area contributed by atoms with Gasteiger partial charge in [0.25, 0.3) is 0 Å². The van der Waals surface area contributed by atoms with E-state index < -0.39 is 0 Å². The molecule has 0 saturated heterocycles. The first-order valence-electron chi connectivity index (χ1n) is 5.73. The average Bonchev–Trinajstić information content (AvgIpc) is 2.74. The van der Waals surface area contributed by atoms with Gasteiger partial charge in [-0.15, -0.1) is 0 Å². The predicted octanol–water partition coefficient (Wildman–Crippen LogP) is 2.43. The zero-order chi connectivity index (χ0) is 12.1. The van der Waals surface area contributed by atoms with Gasteiger partial charge >= 0.3 is 0 Å². The minimum Gasteiger partial charge on any atom is -0.494 e. The van der Waals surface area contributed by atoms with E-state index in [4.69, 9.17) is 4.74 Å². The van der Waals surface area contributed by atoms with Crippen LogP contribution in [0.3, 0.4) is 0 Å². The molecule has 0 aliphatic rings. The number of aryl methyl sites for hydroxylation is 1. The van der Waals surface area contributed by atoms with Gasteiger partial charge in [-0.2, -0.15) is 5.10 Å². The van der Waals surface area contributed by atoms with E-state index in [0.717, 1.165) is 23.7 Å². The Morgan fingerprint density at radius 2 is 2.24 bits per heavy atom. The predicted molar refractivity (Wildman–Crippen MR) is 68.1 cm³/mol. The first-order chi connectivity index (χ1) is 8.28. The van der Waals surface area contributed by atoms with Crippen LogP contribution in [0.2, 0.25) is 0 Å². The van der Waals surface area contributed by atoms with Crippen LogP contribution in [0.4, 0.5) is 5.69 Å². The number of anilines is 1. The van der Waals surface area contributed by atoms with E-state index in [9.17, 15) is 0 Å². The summed E-state index contributed by atoms with van der Waals surface area (Å²) in [5.41, 5.74) is 2.07. The molecule has 1 N–H and O–H groups in total. The van der Waals surface area contributed by atoms with E-state index in [2.05, 4.69) is 10.4 Å². The van der Waals surface area contributed by atoms with E-state index in [1.54, 1.807) is 4.68 Å². The topological polar surface area (TPSA) is 39.1 Å². The van der Waals surface area contributed by atoms with Crippen molar-refractivity contribution in [1.82, 2.24) is 9.78 Å². The van der Waals surface area contributed by atoms with Crippen LogP contribution in [0, 0.1) is 0 Å². The van der Waals surface area contributed by atoms with Gasteiger partial charge in [-0.3, -0.25) is 4.68 Å². The molecule has 0 fully saturated rings. The minimum atomic E-state index is 0.684. The van der Waals surface area contributed by atoms with Gasteiger partial charge in [-0.05, 0) is 25.1 Å². The summed E-state index contributed by atoms with van der Waals surface area (Å²) in [6, 6.07) is 9.94. The number of benzene rings is 1. The average molecular weight is 231 g/mol. The first kappa shape index (κ1) is 11.5. The summed E-state index contributed by atoms with van der Waals surface area (Å²) in [7, 11) is 1.92.